The van der Waals surface area contributed by atoms with Crippen LogP contribution in [0.15, 0.2) is 78.4 Å². The molecule has 3 aromatic rings. The highest BCUT2D eigenvalue weighted by molar-refractivity contribution is 6.76. The second-order valence-electron chi connectivity index (χ2n) is 7.72. The van der Waals surface area contributed by atoms with Crippen LogP contribution in [-0.2, 0) is 0 Å². The van der Waals surface area contributed by atoms with E-state index in [1.54, 1.807) is 0 Å². The molecular weight excluding hydrogens is 341 g/mol. The largest absolute Gasteiger partial charge is 0.415 e. The zero-order valence-electron chi connectivity index (χ0n) is 16.9. The molecule has 1 aliphatic heterocycles. The van der Waals surface area contributed by atoms with E-state index in [4.69, 9.17) is 0 Å². The highest BCUT2D eigenvalue weighted by Crippen LogP contribution is 2.23. The maximum Gasteiger partial charge on any atom is 0.315 e. The number of Topliss-reactive ketones (excluding diaryl/α,β-unsaturated/α-hetero) is 1. The number of carbonyl (C=O) groups excluding carboxylic acids is 1. The van der Waals surface area contributed by atoms with Gasteiger partial charge in [0.25, 0.3) is 0 Å². The van der Waals surface area contributed by atoms with Gasteiger partial charge >= 0.3 is 6.85 Å². The van der Waals surface area contributed by atoms with Gasteiger partial charge in [0.05, 0.1) is 0 Å². The molecule has 0 fully saturated rings. The number of rotatable bonds is 3. The van der Waals surface area contributed by atoms with Crippen molar-refractivity contribution in [3.05, 3.63) is 101 Å². The molecule has 138 valence electrons. The summed E-state index contributed by atoms with van der Waals surface area (Å²) in [4.78, 5) is 15.4. The van der Waals surface area contributed by atoms with E-state index in [0.717, 1.165) is 21.9 Å². The Labute approximate surface area is 167 Å². The van der Waals surface area contributed by atoms with Gasteiger partial charge in [-0.3, -0.25) is 4.79 Å². The molecule has 0 saturated heterocycles. The van der Waals surface area contributed by atoms with Crippen molar-refractivity contribution in [1.29, 1.82) is 0 Å². The molecule has 0 amide bonds. The monoisotopic (exact) mass is 365 g/mol. The summed E-state index contributed by atoms with van der Waals surface area (Å²) in [6.45, 7) is 6.60. The predicted octanol–water partition coefficient (Wildman–Crippen LogP) is 4.77. The van der Waals surface area contributed by atoms with E-state index in [9.17, 15) is 4.79 Å². The van der Waals surface area contributed by atoms with Crippen molar-refractivity contribution < 1.29 is 4.79 Å². The van der Waals surface area contributed by atoms with Gasteiger partial charge in [0.15, 0.2) is 5.78 Å². The first-order chi connectivity index (χ1) is 13.5. The van der Waals surface area contributed by atoms with Crippen molar-refractivity contribution in [2.45, 2.75) is 20.8 Å². The van der Waals surface area contributed by atoms with Gasteiger partial charge in [-0.25, -0.2) is 0 Å². The van der Waals surface area contributed by atoms with Crippen LogP contribution in [0.2, 0.25) is 0 Å². The Hall–Kier alpha value is -3.07. The SMILES string of the molecule is Cc1cc(C)c(B2C=CC(C(=O)c3cccc4ccccc34)=CN2C)c(C)c1. The third kappa shape index (κ3) is 3.18. The maximum atomic E-state index is 13.2. The van der Waals surface area contributed by atoms with Crippen LogP contribution in [0.1, 0.15) is 27.0 Å². The van der Waals surface area contributed by atoms with Crippen LogP contribution in [-0.4, -0.2) is 24.5 Å². The van der Waals surface area contributed by atoms with Gasteiger partial charge in [-0.2, -0.15) is 0 Å². The average molecular weight is 365 g/mol. The lowest BCUT2D eigenvalue weighted by Gasteiger charge is -2.28. The quantitative estimate of drug-likeness (QED) is 0.492. The average Bonchev–Trinajstić information content (AvgIpc) is 2.67. The summed E-state index contributed by atoms with van der Waals surface area (Å²) in [5.74, 6) is 2.21. The van der Waals surface area contributed by atoms with Crippen molar-refractivity contribution >= 4 is 28.9 Å². The van der Waals surface area contributed by atoms with Gasteiger partial charge in [0, 0.05) is 11.1 Å². The molecule has 0 saturated carbocycles. The van der Waals surface area contributed by atoms with Crippen LogP contribution >= 0.6 is 0 Å². The number of carbonyl (C=O) groups is 1. The van der Waals surface area contributed by atoms with Crippen molar-refractivity contribution in [3.63, 3.8) is 0 Å². The van der Waals surface area contributed by atoms with Crippen LogP contribution < -0.4 is 5.46 Å². The summed E-state index contributed by atoms with van der Waals surface area (Å²) in [6.07, 6.45) is 3.96. The molecule has 0 spiro atoms. The molecule has 0 aromatic heterocycles. The third-order valence-electron chi connectivity index (χ3n) is 5.57. The Kier molecular flexibility index (Phi) is 4.68. The molecule has 0 aliphatic carbocycles. The molecule has 1 heterocycles. The fourth-order valence-electron chi connectivity index (χ4n) is 4.34. The highest BCUT2D eigenvalue weighted by Gasteiger charge is 2.26. The van der Waals surface area contributed by atoms with Crippen LogP contribution in [0, 0.1) is 20.8 Å². The summed E-state index contributed by atoms with van der Waals surface area (Å²) >= 11 is 0. The number of hydrogen-bond donors (Lipinski definition) is 0. The second-order valence-corrected chi connectivity index (χ2v) is 7.72. The number of nitrogens with zero attached hydrogens (tertiary/aromatic N) is 1. The van der Waals surface area contributed by atoms with Crippen LogP contribution in [0.4, 0.5) is 0 Å². The Bertz CT molecular complexity index is 1110. The van der Waals surface area contributed by atoms with Crippen molar-refractivity contribution in [1.82, 2.24) is 4.81 Å². The Morgan fingerprint density at radius 1 is 0.929 bits per heavy atom. The van der Waals surface area contributed by atoms with Gasteiger partial charge in [-0.1, -0.05) is 83.3 Å². The maximum absolute atomic E-state index is 13.2. The minimum atomic E-state index is 0.0655. The summed E-state index contributed by atoms with van der Waals surface area (Å²) in [6, 6.07) is 18.4. The molecule has 0 unspecified atom stereocenters. The van der Waals surface area contributed by atoms with Gasteiger partial charge in [0.1, 0.15) is 0 Å². The lowest BCUT2D eigenvalue weighted by molar-refractivity contribution is 0.103. The van der Waals surface area contributed by atoms with E-state index in [0.29, 0.717) is 0 Å². The number of allylic oxidation sites excluding steroid dienone is 2. The van der Waals surface area contributed by atoms with Crippen molar-refractivity contribution in [2.24, 2.45) is 0 Å². The van der Waals surface area contributed by atoms with Crippen molar-refractivity contribution in [3.8, 4) is 0 Å². The van der Waals surface area contributed by atoms with E-state index < -0.39 is 0 Å². The molecule has 2 nitrogen and oxygen atoms in total. The standard InChI is InChI=1S/C25H24BNO/c1-17-14-18(2)24(19(3)15-17)26-13-12-21(16-27(26)4)25(28)23-11-7-9-20-8-5-6-10-22(20)23/h5-16H,1-4H3. The summed E-state index contributed by atoms with van der Waals surface area (Å²) in [7, 11) is 2.04. The lowest BCUT2D eigenvalue weighted by Crippen LogP contribution is -2.46. The summed E-state index contributed by atoms with van der Waals surface area (Å²) in [5.41, 5.74) is 6.65. The van der Waals surface area contributed by atoms with Crippen LogP contribution in [0.3, 0.4) is 0 Å². The van der Waals surface area contributed by atoms with E-state index in [1.807, 2.05) is 61.8 Å². The lowest BCUT2D eigenvalue weighted by atomic mass is 9.51. The molecule has 0 N–H and O–H groups in total. The first-order valence-electron chi connectivity index (χ1n) is 9.68. The van der Waals surface area contributed by atoms with E-state index in [-0.39, 0.29) is 12.6 Å². The number of fused-ring (bicyclic) bond motifs is 1. The number of benzene rings is 3. The molecule has 0 bridgehead atoms. The third-order valence-corrected chi connectivity index (χ3v) is 5.57. The molecule has 28 heavy (non-hydrogen) atoms. The molecule has 0 radical (unpaired) electrons. The first-order valence-corrected chi connectivity index (χ1v) is 9.68. The van der Waals surface area contributed by atoms with Crippen molar-refractivity contribution in [2.75, 3.05) is 7.05 Å². The van der Waals surface area contributed by atoms with E-state index in [2.05, 4.69) is 43.7 Å². The first kappa shape index (κ1) is 18.3. The predicted molar refractivity (Wildman–Crippen MR) is 119 cm³/mol. The minimum absolute atomic E-state index is 0.0655. The molecule has 3 heteroatoms. The molecule has 1 aliphatic rings. The van der Waals surface area contributed by atoms with Crippen LogP contribution in [0.25, 0.3) is 10.8 Å². The number of ketones is 1. The fraction of sp³-hybridized carbons (Fsp3) is 0.160. The second kappa shape index (κ2) is 7.16. The minimum Gasteiger partial charge on any atom is -0.415 e. The van der Waals surface area contributed by atoms with E-state index >= 15 is 0 Å². The van der Waals surface area contributed by atoms with E-state index in [1.165, 1.54) is 22.2 Å². The zero-order valence-corrected chi connectivity index (χ0v) is 16.9. The smallest absolute Gasteiger partial charge is 0.315 e. The Morgan fingerprint density at radius 2 is 1.61 bits per heavy atom. The Morgan fingerprint density at radius 3 is 2.32 bits per heavy atom. The summed E-state index contributed by atoms with van der Waals surface area (Å²) < 4.78 is 0. The topological polar surface area (TPSA) is 20.3 Å². The summed E-state index contributed by atoms with van der Waals surface area (Å²) in [5, 5.41) is 2.09. The van der Waals surface area contributed by atoms with Gasteiger partial charge in [-0.15, -0.1) is 0 Å². The van der Waals surface area contributed by atoms with Crippen LogP contribution in [0.5, 0.6) is 0 Å². The fourth-order valence-corrected chi connectivity index (χ4v) is 4.34. The number of aryl methyl sites for hydroxylation is 3. The van der Waals surface area contributed by atoms with Gasteiger partial charge in [0.2, 0.25) is 0 Å². The Balaban J connectivity index is 1.68. The molecule has 3 aromatic carbocycles. The van der Waals surface area contributed by atoms with Gasteiger partial charge < -0.3 is 4.81 Å². The molecular formula is C25H24BNO. The molecule has 0 atom stereocenters. The zero-order chi connectivity index (χ0) is 19.8. The highest BCUT2D eigenvalue weighted by atomic mass is 16.1. The normalized spacial score (nSPS) is 13.8. The number of hydrogen-bond acceptors (Lipinski definition) is 2. The molecule has 4 rings (SSSR count). The van der Waals surface area contributed by atoms with Gasteiger partial charge in [-0.05, 0) is 50.3 Å².